The average Bonchev–Trinajstić information content (AvgIpc) is 3.10. The predicted molar refractivity (Wildman–Crippen MR) is 131 cm³/mol. The molecule has 3 aromatic rings. The van der Waals surface area contributed by atoms with Gasteiger partial charge < -0.3 is 10.2 Å². The molecule has 0 saturated heterocycles. The summed E-state index contributed by atoms with van der Waals surface area (Å²) < 4.78 is 1.71. The lowest BCUT2D eigenvalue weighted by molar-refractivity contribution is -0.113. The van der Waals surface area contributed by atoms with Crippen LogP contribution in [0.1, 0.15) is 30.7 Å². The number of anilines is 2. The van der Waals surface area contributed by atoms with Gasteiger partial charge in [-0.15, -0.1) is 11.3 Å². The van der Waals surface area contributed by atoms with Crippen molar-refractivity contribution in [3.05, 3.63) is 45.1 Å². The molecule has 1 aliphatic carbocycles. The summed E-state index contributed by atoms with van der Waals surface area (Å²) in [6.45, 7) is 4.75. The molecule has 1 aromatic carbocycles. The van der Waals surface area contributed by atoms with Crippen LogP contribution >= 0.6 is 23.1 Å². The van der Waals surface area contributed by atoms with Gasteiger partial charge in [0.2, 0.25) is 5.91 Å². The summed E-state index contributed by atoms with van der Waals surface area (Å²) in [6, 6.07) is 7.71. The summed E-state index contributed by atoms with van der Waals surface area (Å²) in [4.78, 5) is 34.7. The molecule has 0 saturated carbocycles. The quantitative estimate of drug-likeness (QED) is 0.440. The summed E-state index contributed by atoms with van der Waals surface area (Å²) in [6.07, 6.45) is 3.11. The minimum absolute atomic E-state index is 0.0294. The van der Waals surface area contributed by atoms with Crippen LogP contribution in [0.5, 0.6) is 0 Å². The average molecular weight is 457 g/mol. The van der Waals surface area contributed by atoms with Gasteiger partial charge in [0.15, 0.2) is 5.16 Å². The molecular weight excluding hydrogens is 428 g/mol. The summed E-state index contributed by atoms with van der Waals surface area (Å²) >= 11 is 2.97. The van der Waals surface area contributed by atoms with Gasteiger partial charge in [-0.05, 0) is 61.9 Å². The highest BCUT2D eigenvalue weighted by molar-refractivity contribution is 7.99. The topological polar surface area (TPSA) is 67.2 Å². The third kappa shape index (κ3) is 4.50. The molecule has 0 aliphatic heterocycles. The monoisotopic (exact) mass is 456 g/mol. The van der Waals surface area contributed by atoms with Crippen LogP contribution in [0.25, 0.3) is 10.2 Å². The van der Waals surface area contributed by atoms with Gasteiger partial charge >= 0.3 is 0 Å². The Balaban J connectivity index is 1.52. The molecular formula is C23H28N4O2S2. The molecule has 1 N–H and O–H groups in total. The maximum atomic E-state index is 13.2. The number of nitrogens with zero attached hydrogens (tertiary/aromatic N) is 3. The van der Waals surface area contributed by atoms with Crippen molar-refractivity contribution < 1.29 is 4.79 Å². The Kier molecular flexibility index (Phi) is 6.39. The molecule has 0 radical (unpaired) electrons. The second-order valence-corrected chi connectivity index (χ2v) is 10.3. The Morgan fingerprint density at radius 1 is 1.32 bits per heavy atom. The van der Waals surface area contributed by atoms with Crippen LogP contribution in [0.15, 0.2) is 34.2 Å². The summed E-state index contributed by atoms with van der Waals surface area (Å²) in [5.74, 6) is 0.743. The number of benzene rings is 1. The van der Waals surface area contributed by atoms with Crippen molar-refractivity contribution in [2.75, 3.05) is 30.1 Å². The number of aromatic nitrogens is 2. The number of rotatable bonds is 6. The molecule has 2 heterocycles. The maximum Gasteiger partial charge on any atom is 0.263 e. The van der Waals surface area contributed by atoms with E-state index in [2.05, 4.69) is 12.2 Å². The van der Waals surface area contributed by atoms with Crippen LogP contribution in [-0.2, 0) is 24.2 Å². The van der Waals surface area contributed by atoms with E-state index in [-0.39, 0.29) is 17.2 Å². The molecule has 8 heteroatoms. The lowest BCUT2D eigenvalue weighted by atomic mass is 9.89. The Morgan fingerprint density at radius 3 is 2.74 bits per heavy atom. The predicted octanol–water partition coefficient (Wildman–Crippen LogP) is 4.40. The van der Waals surface area contributed by atoms with Gasteiger partial charge in [0, 0.05) is 36.9 Å². The van der Waals surface area contributed by atoms with Crippen LogP contribution < -0.4 is 15.8 Å². The largest absolute Gasteiger partial charge is 0.378 e. The number of fused-ring (bicyclic) bond motifs is 3. The van der Waals surface area contributed by atoms with E-state index in [9.17, 15) is 9.59 Å². The highest BCUT2D eigenvalue weighted by atomic mass is 32.2. The van der Waals surface area contributed by atoms with Crippen LogP contribution in [-0.4, -0.2) is 35.3 Å². The van der Waals surface area contributed by atoms with Crippen molar-refractivity contribution in [3.8, 4) is 0 Å². The molecule has 0 bridgehead atoms. The van der Waals surface area contributed by atoms with Crippen molar-refractivity contribution in [2.24, 2.45) is 5.92 Å². The zero-order valence-corrected chi connectivity index (χ0v) is 20.0. The number of amides is 1. The first-order valence-corrected chi connectivity index (χ1v) is 12.4. The molecule has 1 aliphatic rings. The van der Waals surface area contributed by atoms with Gasteiger partial charge in [0.05, 0.1) is 11.1 Å². The maximum absolute atomic E-state index is 13.2. The SMILES string of the molecule is CCn1c(SCC(=O)Nc2ccc(N(C)C)cc2)nc2sc3c(c2c1=O)CCC(C)C3. The number of hydrogen-bond donors (Lipinski definition) is 1. The van der Waals surface area contributed by atoms with Crippen LogP contribution in [0.2, 0.25) is 0 Å². The third-order valence-electron chi connectivity index (χ3n) is 5.70. The van der Waals surface area contributed by atoms with E-state index < -0.39 is 0 Å². The Hall–Kier alpha value is -2.32. The molecule has 6 nitrogen and oxygen atoms in total. The van der Waals surface area contributed by atoms with Gasteiger partial charge in [-0.1, -0.05) is 18.7 Å². The van der Waals surface area contributed by atoms with Gasteiger partial charge in [-0.2, -0.15) is 0 Å². The van der Waals surface area contributed by atoms with Gasteiger partial charge in [0.25, 0.3) is 5.56 Å². The fourth-order valence-corrected chi connectivity index (χ4v) is 6.25. The van der Waals surface area contributed by atoms with E-state index in [1.54, 1.807) is 15.9 Å². The van der Waals surface area contributed by atoms with E-state index in [0.717, 1.165) is 40.9 Å². The first kappa shape index (κ1) is 21.9. The number of hydrogen-bond acceptors (Lipinski definition) is 6. The molecule has 164 valence electrons. The van der Waals surface area contributed by atoms with Crippen LogP contribution in [0.4, 0.5) is 11.4 Å². The van der Waals surface area contributed by atoms with Crippen LogP contribution in [0.3, 0.4) is 0 Å². The Labute approximate surface area is 190 Å². The van der Waals surface area contributed by atoms with E-state index in [0.29, 0.717) is 17.6 Å². The van der Waals surface area contributed by atoms with Crippen molar-refractivity contribution in [1.82, 2.24) is 9.55 Å². The third-order valence-corrected chi connectivity index (χ3v) is 7.82. The first-order chi connectivity index (χ1) is 14.9. The number of carbonyl (C=O) groups is 1. The second kappa shape index (κ2) is 9.04. The molecule has 4 rings (SSSR count). The molecule has 1 atom stereocenters. The number of thioether (sulfide) groups is 1. The van der Waals surface area contributed by atoms with Gasteiger partial charge in [-0.3, -0.25) is 14.2 Å². The van der Waals surface area contributed by atoms with E-state index in [1.807, 2.05) is 50.2 Å². The number of thiophene rings is 1. The number of carbonyl (C=O) groups excluding carboxylic acids is 1. The van der Waals surface area contributed by atoms with E-state index >= 15 is 0 Å². The van der Waals surface area contributed by atoms with Gasteiger partial charge in [-0.25, -0.2) is 4.98 Å². The minimum Gasteiger partial charge on any atom is -0.378 e. The fraction of sp³-hybridized carbons (Fsp3) is 0.435. The fourth-order valence-electron chi connectivity index (χ4n) is 3.96. The second-order valence-electron chi connectivity index (χ2n) is 8.25. The van der Waals surface area contributed by atoms with E-state index in [1.165, 1.54) is 22.2 Å². The standard InChI is InChI=1S/C23H28N4O2S2/c1-5-27-22(29)20-17-11-6-14(2)12-18(17)31-21(20)25-23(27)30-13-19(28)24-15-7-9-16(10-8-15)26(3)4/h7-10,14H,5-6,11-13H2,1-4H3,(H,24,28). The van der Waals surface area contributed by atoms with Crippen LogP contribution in [0, 0.1) is 5.92 Å². The van der Waals surface area contributed by atoms with Crippen molar-refractivity contribution >= 4 is 50.6 Å². The lowest BCUT2D eigenvalue weighted by Crippen LogP contribution is -2.24. The number of nitrogens with one attached hydrogen (secondary N) is 1. The first-order valence-electron chi connectivity index (χ1n) is 10.6. The highest BCUT2D eigenvalue weighted by Gasteiger charge is 2.24. The van der Waals surface area contributed by atoms with Crippen molar-refractivity contribution in [3.63, 3.8) is 0 Å². The number of aryl methyl sites for hydroxylation is 1. The molecule has 1 unspecified atom stereocenters. The summed E-state index contributed by atoms with van der Waals surface area (Å²) in [7, 11) is 3.96. The molecule has 31 heavy (non-hydrogen) atoms. The van der Waals surface area contributed by atoms with Gasteiger partial charge in [0.1, 0.15) is 4.83 Å². The smallest absolute Gasteiger partial charge is 0.263 e. The van der Waals surface area contributed by atoms with Crippen molar-refractivity contribution in [2.45, 2.75) is 44.8 Å². The minimum atomic E-state index is -0.112. The Bertz CT molecular complexity index is 1170. The molecule has 1 amide bonds. The summed E-state index contributed by atoms with van der Waals surface area (Å²) in [5, 5.41) is 4.33. The molecule has 2 aromatic heterocycles. The highest BCUT2D eigenvalue weighted by Crippen LogP contribution is 2.36. The Morgan fingerprint density at radius 2 is 2.06 bits per heavy atom. The molecule has 0 fully saturated rings. The normalized spacial score (nSPS) is 15.7. The van der Waals surface area contributed by atoms with E-state index in [4.69, 9.17) is 4.98 Å². The molecule has 0 spiro atoms. The summed E-state index contributed by atoms with van der Waals surface area (Å²) in [5.41, 5.74) is 3.06. The zero-order chi connectivity index (χ0) is 22.1. The zero-order valence-electron chi connectivity index (χ0n) is 18.4. The van der Waals surface area contributed by atoms with Crippen molar-refractivity contribution in [1.29, 1.82) is 0 Å². The lowest BCUT2D eigenvalue weighted by Gasteiger charge is -2.17.